The third-order valence-corrected chi connectivity index (χ3v) is 6.01. The Balaban J connectivity index is 2.16. The van der Waals surface area contributed by atoms with Gasteiger partial charge < -0.3 is 10.2 Å². The van der Waals surface area contributed by atoms with Crippen LogP contribution in [0.5, 0.6) is 0 Å². The standard InChI is InChI=1S/C16H25N3O3S/c1-4-12(3)18-13-6-8-17-15(10-13)16(20)19(5-2)14-7-9-23(21,22)11-14/h6,8,10,12,14H,4-5,7,9,11H2,1-3H3,(H,17,18). The summed E-state index contributed by atoms with van der Waals surface area (Å²) < 4.78 is 23.3. The molecule has 0 bridgehead atoms. The number of carbonyl (C=O) groups is 1. The monoisotopic (exact) mass is 339 g/mol. The number of hydrogen-bond donors (Lipinski definition) is 1. The molecule has 7 heteroatoms. The Morgan fingerprint density at radius 2 is 2.22 bits per heavy atom. The Morgan fingerprint density at radius 1 is 1.48 bits per heavy atom. The second-order valence-electron chi connectivity index (χ2n) is 6.03. The zero-order valence-electron chi connectivity index (χ0n) is 13.9. The van der Waals surface area contributed by atoms with Gasteiger partial charge in [-0.25, -0.2) is 8.42 Å². The maximum atomic E-state index is 12.7. The highest BCUT2D eigenvalue weighted by Gasteiger charge is 2.34. The molecule has 2 atom stereocenters. The summed E-state index contributed by atoms with van der Waals surface area (Å²) in [4.78, 5) is 18.5. The van der Waals surface area contributed by atoms with E-state index < -0.39 is 9.84 Å². The van der Waals surface area contributed by atoms with Crippen molar-refractivity contribution in [3.8, 4) is 0 Å². The van der Waals surface area contributed by atoms with E-state index in [1.807, 2.05) is 13.0 Å². The zero-order chi connectivity index (χ0) is 17.0. The number of carbonyl (C=O) groups excluding carboxylic acids is 1. The van der Waals surface area contributed by atoms with Crippen molar-refractivity contribution >= 4 is 21.4 Å². The second kappa shape index (κ2) is 7.29. The van der Waals surface area contributed by atoms with Crippen molar-refractivity contribution < 1.29 is 13.2 Å². The van der Waals surface area contributed by atoms with Crippen molar-refractivity contribution in [2.24, 2.45) is 0 Å². The van der Waals surface area contributed by atoms with Crippen LogP contribution in [-0.2, 0) is 9.84 Å². The molecule has 2 unspecified atom stereocenters. The van der Waals surface area contributed by atoms with Gasteiger partial charge in [-0.05, 0) is 38.8 Å². The number of pyridine rings is 1. The maximum Gasteiger partial charge on any atom is 0.272 e. The molecule has 128 valence electrons. The van der Waals surface area contributed by atoms with Crippen LogP contribution in [0.2, 0.25) is 0 Å². The molecule has 6 nitrogen and oxygen atoms in total. The van der Waals surface area contributed by atoms with Gasteiger partial charge in [0, 0.05) is 30.5 Å². The number of nitrogens with one attached hydrogen (secondary N) is 1. The summed E-state index contributed by atoms with van der Waals surface area (Å²) in [6.07, 6.45) is 3.09. The van der Waals surface area contributed by atoms with E-state index in [2.05, 4.69) is 24.1 Å². The summed E-state index contributed by atoms with van der Waals surface area (Å²) in [5, 5.41) is 3.32. The molecule has 1 N–H and O–H groups in total. The van der Waals surface area contributed by atoms with Gasteiger partial charge in [0.15, 0.2) is 9.84 Å². The van der Waals surface area contributed by atoms with Crippen molar-refractivity contribution in [2.45, 2.75) is 45.7 Å². The number of anilines is 1. The molecule has 1 saturated heterocycles. The first-order valence-corrected chi connectivity index (χ1v) is 9.92. The molecular weight excluding hydrogens is 314 g/mol. The van der Waals surface area contributed by atoms with E-state index >= 15 is 0 Å². The Labute approximate surface area is 138 Å². The van der Waals surface area contributed by atoms with Crippen molar-refractivity contribution in [1.82, 2.24) is 9.88 Å². The van der Waals surface area contributed by atoms with Gasteiger partial charge in [0.2, 0.25) is 0 Å². The van der Waals surface area contributed by atoms with Gasteiger partial charge in [-0.2, -0.15) is 0 Å². The lowest BCUT2D eigenvalue weighted by atomic mass is 10.2. The van der Waals surface area contributed by atoms with Crippen LogP contribution in [0.25, 0.3) is 0 Å². The fourth-order valence-electron chi connectivity index (χ4n) is 2.76. The molecule has 1 aromatic heterocycles. The number of rotatable bonds is 6. The summed E-state index contributed by atoms with van der Waals surface area (Å²) >= 11 is 0. The highest BCUT2D eigenvalue weighted by molar-refractivity contribution is 7.91. The van der Waals surface area contributed by atoms with Gasteiger partial charge in [0.25, 0.3) is 5.91 Å². The minimum atomic E-state index is -3.02. The molecule has 0 aromatic carbocycles. The number of amides is 1. The molecule has 23 heavy (non-hydrogen) atoms. The van der Waals surface area contributed by atoms with Gasteiger partial charge in [-0.3, -0.25) is 9.78 Å². The number of sulfone groups is 1. The Morgan fingerprint density at radius 3 is 2.78 bits per heavy atom. The highest BCUT2D eigenvalue weighted by atomic mass is 32.2. The van der Waals surface area contributed by atoms with Crippen LogP contribution in [0.4, 0.5) is 5.69 Å². The molecule has 1 aliphatic heterocycles. The molecule has 0 aliphatic carbocycles. The predicted octanol–water partition coefficient (Wildman–Crippen LogP) is 1.94. The summed E-state index contributed by atoms with van der Waals surface area (Å²) in [5.74, 6) is 0.00408. The van der Waals surface area contributed by atoms with Crippen LogP contribution in [0.1, 0.15) is 44.1 Å². The van der Waals surface area contributed by atoms with Gasteiger partial charge in [0.1, 0.15) is 5.69 Å². The van der Waals surface area contributed by atoms with E-state index in [1.165, 1.54) is 0 Å². The average molecular weight is 339 g/mol. The molecule has 2 heterocycles. The van der Waals surface area contributed by atoms with E-state index in [0.717, 1.165) is 12.1 Å². The normalized spacial score (nSPS) is 20.9. The molecule has 1 aliphatic rings. The summed E-state index contributed by atoms with van der Waals surface area (Å²) in [6.45, 7) is 6.50. The molecule has 0 saturated carbocycles. The van der Waals surface area contributed by atoms with Crippen molar-refractivity contribution in [3.63, 3.8) is 0 Å². The maximum absolute atomic E-state index is 12.7. The molecule has 0 spiro atoms. The van der Waals surface area contributed by atoms with Crippen LogP contribution in [0.3, 0.4) is 0 Å². The fourth-order valence-corrected chi connectivity index (χ4v) is 4.49. The molecule has 2 rings (SSSR count). The topological polar surface area (TPSA) is 79.4 Å². The number of hydrogen-bond acceptors (Lipinski definition) is 5. The van der Waals surface area contributed by atoms with Crippen LogP contribution in [0, 0.1) is 0 Å². The SMILES string of the molecule is CCC(C)Nc1ccnc(C(=O)N(CC)C2CCS(=O)(=O)C2)c1. The molecule has 1 amide bonds. The van der Waals surface area contributed by atoms with Crippen LogP contribution in [0.15, 0.2) is 18.3 Å². The average Bonchev–Trinajstić information content (AvgIpc) is 2.88. The zero-order valence-corrected chi connectivity index (χ0v) is 14.8. The Hall–Kier alpha value is -1.63. The Kier molecular flexibility index (Phi) is 5.62. The van der Waals surface area contributed by atoms with Gasteiger partial charge in [0.05, 0.1) is 11.5 Å². The van der Waals surface area contributed by atoms with E-state index in [1.54, 1.807) is 17.2 Å². The third kappa shape index (κ3) is 4.43. The smallest absolute Gasteiger partial charge is 0.272 e. The summed E-state index contributed by atoms with van der Waals surface area (Å²) in [5.41, 5.74) is 1.21. The first-order chi connectivity index (χ1) is 10.9. The third-order valence-electron chi connectivity index (χ3n) is 4.26. The first kappa shape index (κ1) is 17.7. The summed E-state index contributed by atoms with van der Waals surface area (Å²) in [6, 6.07) is 3.63. The second-order valence-corrected chi connectivity index (χ2v) is 8.26. The molecule has 1 aromatic rings. The molecule has 0 radical (unpaired) electrons. The van der Waals surface area contributed by atoms with E-state index in [0.29, 0.717) is 24.7 Å². The Bertz CT molecular complexity index is 660. The summed E-state index contributed by atoms with van der Waals surface area (Å²) in [7, 11) is -3.02. The van der Waals surface area contributed by atoms with Crippen LogP contribution >= 0.6 is 0 Å². The van der Waals surface area contributed by atoms with E-state index in [4.69, 9.17) is 0 Å². The van der Waals surface area contributed by atoms with E-state index in [9.17, 15) is 13.2 Å². The lowest BCUT2D eigenvalue weighted by Crippen LogP contribution is -2.41. The number of aromatic nitrogens is 1. The highest BCUT2D eigenvalue weighted by Crippen LogP contribution is 2.20. The first-order valence-electron chi connectivity index (χ1n) is 8.10. The van der Waals surface area contributed by atoms with Gasteiger partial charge in [-0.15, -0.1) is 0 Å². The van der Waals surface area contributed by atoms with Gasteiger partial charge in [-0.1, -0.05) is 6.92 Å². The fraction of sp³-hybridized carbons (Fsp3) is 0.625. The molecule has 1 fully saturated rings. The lowest BCUT2D eigenvalue weighted by Gasteiger charge is -2.26. The van der Waals surface area contributed by atoms with Crippen molar-refractivity contribution in [2.75, 3.05) is 23.4 Å². The number of nitrogens with zero attached hydrogens (tertiary/aromatic N) is 2. The quantitative estimate of drug-likeness (QED) is 0.857. The largest absolute Gasteiger partial charge is 0.382 e. The lowest BCUT2D eigenvalue weighted by molar-refractivity contribution is 0.0702. The molecular formula is C16H25N3O3S. The van der Waals surface area contributed by atoms with Crippen molar-refractivity contribution in [1.29, 1.82) is 0 Å². The van der Waals surface area contributed by atoms with Crippen molar-refractivity contribution in [3.05, 3.63) is 24.0 Å². The van der Waals surface area contributed by atoms with Gasteiger partial charge >= 0.3 is 0 Å². The van der Waals surface area contributed by atoms with E-state index in [-0.39, 0.29) is 23.5 Å². The van der Waals surface area contributed by atoms with Crippen LogP contribution in [-0.4, -0.2) is 54.3 Å². The predicted molar refractivity (Wildman–Crippen MR) is 91.4 cm³/mol. The minimum Gasteiger partial charge on any atom is -0.382 e. The minimum absolute atomic E-state index is 0.0530. The van der Waals surface area contributed by atoms with Crippen LogP contribution < -0.4 is 5.32 Å².